The number of hydrogen-bond acceptors (Lipinski definition) is 5. The van der Waals surface area contributed by atoms with Crippen LogP contribution in [-0.2, 0) is 11.2 Å². The Morgan fingerprint density at radius 3 is 2.64 bits per heavy atom. The van der Waals surface area contributed by atoms with E-state index in [0.29, 0.717) is 28.3 Å². The van der Waals surface area contributed by atoms with Gasteiger partial charge in [0.25, 0.3) is 5.56 Å². The number of carbonyl (C=O) groups is 1. The lowest BCUT2D eigenvalue weighted by molar-refractivity contribution is -0.131. The zero-order valence-corrected chi connectivity index (χ0v) is 14.6. The zero-order valence-electron chi connectivity index (χ0n) is 14.6. The lowest BCUT2D eigenvalue weighted by Crippen LogP contribution is -2.49. The molecule has 0 fully saturated rings. The number of nitriles is 1. The SMILES string of the molecule is CC(=O)C1C(c2ccc(C)o2)c2c(C)[nH]c(=O)c(C#N)c2CC1(C)O. The molecule has 3 atom stereocenters. The number of aliphatic hydroxyl groups is 1. The Balaban J connectivity index is 2.40. The number of carbonyl (C=O) groups excluding carboxylic acids is 1. The van der Waals surface area contributed by atoms with E-state index in [4.69, 9.17) is 4.42 Å². The maximum absolute atomic E-state index is 12.4. The van der Waals surface area contributed by atoms with Crippen LogP contribution >= 0.6 is 0 Å². The Kier molecular flexibility index (Phi) is 3.92. The molecule has 6 nitrogen and oxygen atoms in total. The van der Waals surface area contributed by atoms with Gasteiger partial charge in [-0.1, -0.05) is 0 Å². The van der Waals surface area contributed by atoms with Crippen molar-refractivity contribution in [3.8, 4) is 6.07 Å². The Morgan fingerprint density at radius 1 is 1.44 bits per heavy atom. The van der Waals surface area contributed by atoms with E-state index in [1.807, 2.05) is 6.07 Å². The summed E-state index contributed by atoms with van der Waals surface area (Å²) in [5.74, 6) is -0.237. The number of fused-ring (bicyclic) bond motifs is 1. The molecule has 2 aromatic rings. The number of aryl methyl sites for hydroxylation is 2. The zero-order chi connectivity index (χ0) is 18.5. The van der Waals surface area contributed by atoms with Gasteiger partial charge in [-0.2, -0.15) is 5.26 Å². The van der Waals surface area contributed by atoms with Crippen molar-refractivity contribution in [2.75, 3.05) is 0 Å². The molecule has 0 aromatic carbocycles. The van der Waals surface area contributed by atoms with E-state index >= 15 is 0 Å². The Hall–Kier alpha value is -2.65. The highest BCUT2D eigenvalue weighted by atomic mass is 16.3. The number of rotatable bonds is 2. The molecular formula is C19H20N2O4. The monoisotopic (exact) mass is 340 g/mol. The first kappa shape index (κ1) is 17.2. The Bertz CT molecular complexity index is 959. The van der Waals surface area contributed by atoms with E-state index in [2.05, 4.69) is 4.98 Å². The number of H-pyrrole nitrogens is 1. The van der Waals surface area contributed by atoms with Crippen LogP contribution in [0.4, 0.5) is 0 Å². The highest BCUT2D eigenvalue weighted by molar-refractivity contribution is 5.82. The minimum absolute atomic E-state index is 0.0174. The van der Waals surface area contributed by atoms with Gasteiger partial charge in [-0.05, 0) is 51.0 Å². The van der Waals surface area contributed by atoms with Crippen molar-refractivity contribution < 1.29 is 14.3 Å². The summed E-state index contributed by atoms with van der Waals surface area (Å²) in [5, 5.41) is 20.4. The molecule has 0 spiro atoms. The average molecular weight is 340 g/mol. The molecule has 0 radical (unpaired) electrons. The van der Waals surface area contributed by atoms with Gasteiger partial charge in [0, 0.05) is 12.1 Å². The van der Waals surface area contributed by atoms with Crippen molar-refractivity contribution in [2.45, 2.75) is 45.6 Å². The molecule has 0 saturated carbocycles. The standard InChI is InChI=1S/C19H20N2O4/c1-9-5-6-14(25-9)16-15-10(2)21-18(23)13(8-20)12(15)7-19(4,24)17(16)11(3)22/h5-6,16-17,24H,7H2,1-4H3,(H,21,23). The van der Waals surface area contributed by atoms with Gasteiger partial charge in [0.15, 0.2) is 0 Å². The molecule has 0 saturated heterocycles. The number of furan rings is 1. The van der Waals surface area contributed by atoms with Crippen LogP contribution in [0.3, 0.4) is 0 Å². The van der Waals surface area contributed by atoms with E-state index in [1.165, 1.54) is 6.92 Å². The maximum atomic E-state index is 12.4. The number of hydrogen-bond donors (Lipinski definition) is 2. The summed E-state index contributed by atoms with van der Waals surface area (Å²) < 4.78 is 5.77. The summed E-state index contributed by atoms with van der Waals surface area (Å²) in [6.45, 7) is 6.55. The van der Waals surface area contributed by atoms with Gasteiger partial charge < -0.3 is 14.5 Å². The van der Waals surface area contributed by atoms with Crippen LogP contribution in [0.1, 0.15) is 53.7 Å². The molecule has 130 valence electrons. The predicted octanol–water partition coefficient (Wildman–Crippen LogP) is 2.10. The second-order valence-electron chi connectivity index (χ2n) is 7.01. The van der Waals surface area contributed by atoms with Gasteiger partial charge in [-0.15, -0.1) is 0 Å². The van der Waals surface area contributed by atoms with Crippen molar-refractivity contribution in [1.29, 1.82) is 5.26 Å². The highest BCUT2D eigenvalue weighted by Gasteiger charge is 2.49. The summed E-state index contributed by atoms with van der Waals surface area (Å²) >= 11 is 0. The minimum atomic E-state index is -1.39. The van der Waals surface area contributed by atoms with E-state index in [0.717, 1.165) is 0 Å². The number of nitrogens with one attached hydrogen (secondary N) is 1. The van der Waals surface area contributed by atoms with Gasteiger partial charge in [0.05, 0.1) is 17.4 Å². The third kappa shape index (κ3) is 2.61. The van der Waals surface area contributed by atoms with Crippen LogP contribution in [0.5, 0.6) is 0 Å². The van der Waals surface area contributed by atoms with Crippen molar-refractivity contribution in [3.05, 3.63) is 56.4 Å². The summed E-state index contributed by atoms with van der Waals surface area (Å²) in [6, 6.07) is 5.51. The molecule has 2 aromatic heterocycles. The molecule has 25 heavy (non-hydrogen) atoms. The quantitative estimate of drug-likeness (QED) is 0.870. The van der Waals surface area contributed by atoms with Gasteiger partial charge in [0.1, 0.15) is 28.9 Å². The molecule has 3 unspecified atom stereocenters. The summed E-state index contributed by atoms with van der Waals surface area (Å²) in [5.41, 5.74) is -0.126. The van der Waals surface area contributed by atoms with E-state index in [9.17, 15) is 20.0 Å². The number of aromatic nitrogens is 1. The van der Waals surface area contributed by atoms with Crippen LogP contribution in [0.25, 0.3) is 0 Å². The van der Waals surface area contributed by atoms with E-state index in [1.54, 1.807) is 32.9 Å². The molecule has 0 amide bonds. The fourth-order valence-electron chi connectivity index (χ4n) is 4.11. The average Bonchev–Trinajstić information content (AvgIpc) is 2.91. The number of Topliss-reactive ketones (excluding diaryl/α,β-unsaturated/α-hetero) is 1. The fraction of sp³-hybridized carbons (Fsp3) is 0.421. The number of nitrogens with zero attached hydrogens (tertiary/aromatic N) is 1. The van der Waals surface area contributed by atoms with Crippen molar-refractivity contribution in [1.82, 2.24) is 4.98 Å². The van der Waals surface area contributed by atoms with Gasteiger partial charge in [-0.3, -0.25) is 9.59 Å². The molecule has 3 rings (SSSR count). The van der Waals surface area contributed by atoms with Gasteiger partial charge >= 0.3 is 0 Å². The first-order valence-electron chi connectivity index (χ1n) is 8.12. The van der Waals surface area contributed by atoms with Crippen molar-refractivity contribution >= 4 is 5.78 Å². The van der Waals surface area contributed by atoms with Crippen LogP contribution in [0.15, 0.2) is 21.3 Å². The lowest BCUT2D eigenvalue weighted by atomic mass is 9.64. The molecule has 1 aliphatic carbocycles. The number of ketones is 1. The molecule has 0 bridgehead atoms. The fourth-order valence-corrected chi connectivity index (χ4v) is 4.11. The van der Waals surface area contributed by atoms with Crippen molar-refractivity contribution in [2.24, 2.45) is 5.92 Å². The third-order valence-electron chi connectivity index (χ3n) is 5.03. The van der Waals surface area contributed by atoms with Crippen LogP contribution < -0.4 is 5.56 Å². The highest BCUT2D eigenvalue weighted by Crippen LogP contribution is 2.47. The molecule has 2 heterocycles. The van der Waals surface area contributed by atoms with Crippen LogP contribution in [0, 0.1) is 31.1 Å². The van der Waals surface area contributed by atoms with Crippen molar-refractivity contribution in [3.63, 3.8) is 0 Å². The normalized spacial score (nSPS) is 25.3. The largest absolute Gasteiger partial charge is 0.466 e. The first-order valence-corrected chi connectivity index (χ1v) is 8.12. The maximum Gasteiger partial charge on any atom is 0.266 e. The van der Waals surface area contributed by atoms with Gasteiger partial charge in [0.2, 0.25) is 0 Å². The first-order chi connectivity index (χ1) is 11.7. The predicted molar refractivity (Wildman–Crippen MR) is 90.3 cm³/mol. The summed E-state index contributed by atoms with van der Waals surface area (Å²) in [4.78, 5) is 27.3. The molecule has 1 aliphatic rings. The molecule has 2 N–H and O–H groups in total. The third-order valence-corrected chi connectivity index (χ3v) is 5.03. The minimum Gasteiger partial charge on any atom is -0.466 e. The molecular weight excluding hydrogens is 320 g/mol. The van der Waals surface area contributed by atoms with E-state index in [-0.39, 0.29) is 17.8 Å². The summed E-state index contributed by atoms with van der Waals surface area (Å²) in [7, 11) is 0. The second kappa shape index (κ2) is 5.71. The molecule has 0 aliphatic heterocycles. The van der Waals surface area contributed by atoms with Crippen LogP contribution in [-0.4, -0.2) is 21.5 Å². The number of aromatic amines is 1. The summed E-state index contributed by atoms with van der Waals surface area (Å²) in [6.07, 6.45) is 0.0659. The lowest BCUT2D eigenvalue weighted by Gasteiger charge is -2.42. The van der Waals surface area contributed by atoms with Crippen LogP contribution in [0.2, 0.25) is 0 Å². The van der Waals surface area contributed by atoms with Gasteiger partial charge in [-0.25, -0.2) is 0 Å². The Morgan fingerprint density at radius 2 is 2.12 bits per heavy atom. The topological polar surface area (TPSA) is 107 Å². The smallest absolute Gasteiger partial charge is 0.266 e. The second-order valence-corrected chi connectivity index (χ2v) is 7.01. The van der Waals surface area contributed by atoms with E-state index < -0.39 is 23.0 Å². The Labute approximate surface area is 145 Å². The molecule has 6 heteroatoms. The number of pyridine rings is 1.